The predicted octanol–water partition coefficient (Wildman–Crippen LogP) is 3.68. The van der Waals surface area contributed by atoms with E-state index in [0.29, 0.717) is 39.9 Å². The first kappa shape index (κ1) is 19.0. The molecule has 0 spiro atoms. The minimum absolute atomic E-state index is 0.450. The van der Waals surface area contributed by atoms with Gasteiger partial charge in [-0.15, -0.1) is 0 Å². The lowest BCUT2D eigenvalue weighted by molar-refractivity contribution is 0.324. The van der Waals surface area contributed by atoms with Crippen LogP contribution in [0, 0.1) is 11.3 Å². The first-order valence-corrected chi connectivity index (χ1v) is 7.76. The molecule has 6 nitrogen and oxygen atoms in total. The Morgan fingerprint density at radius 3 is 1.88 bits per heavy atom. The molecule has 0 N–H and O–H groups in total. The topological polar surface area (TPSA) is 69.9 Å². The first-order valence-electron chi connectivity index (χ1n) is 7.76. The summed E-state index contributed by atoms with van der Waals surface area (Å²) in [7, 11) is 7.77. The third kappa shape index (κ3) is 3.67. The SMILES string of the molecule is COc1cc(OC)cc(/C(=C\C#N)c2ccc(OC)c(OC)c2OC)c1. The molecule has 0 radical (unpaired) electrons. The van der Waals surface area contributed by atoms with Crippen molar-refractivity contribution >= 4 is 5.57 Å². The van der Waals surface area contributed by atoms with Crippen molar-refractivity contribution in [3.63, 3.8) is 0 Å². The number of rotatable bonds is 7. The fourth-order valence-electron chi connectivity index (χ4n) is 2.66. The van der Waals surface area contributed by atoms with Crippen molar-refractivity contribution in [3.05, 3.63) is 47.5 Å². The van der Waals surface area contributed by atoms with Crippen LogP contribution < -0.4 is 23.7 Å². The van der Waals surface area contributed by atoms with Gasteiger partial charge in [0.1, 0.15) is 11.5 Å². The first-order chi connectivity index (χ1) is 12.6. The maximum absolute atomic E-state index is 9.32. The van der Waals surface area contributed by atoms with Crippen molar-refractivity contribution in [3.8, 4) is 34.8 Å². The highest BCUT2D eigenvalue weighted by Crippen LogP contribution is 2.44. The van der Waals surface area contributed by atoms with Crippen molar-refractivity contribution in [1.29, 1.82) is 5.26 Å². The highest BCUT2D eigenvalue weighted by atomic mass is 16.5. The molecule has 136 valence electrons. The summed E-state index contributed by atoms with van der Waals surface area (Å²) in [5, 5.41) is 9.32. The molecule has 0 aliphatic heterocycles. The summed E-state index contributed by atoms with van der Waals surface area (Å²) in [6.07, 6.45) is 1.44. The molecule has 0 unspecified atom stereocenters. The third-order valence-corrected chi connectivity index (χ3v) is 3.87. The summed E-state index contributed by atoms with van der Waals surface area (Å²) < 4.78 is 27.0. The lowest BCUT2D eigenvalue weighted by atomic mass is 9.95. The number of nitrogens with zero attached hydrogens (tertiary/aromatic N) is 1. The van der Waals surface area contributed by atoms with Crippen LogP contribution in [-0.4, -0.2) is 35.5 Å². The molecule has 0 saturated carbocycles. The van der Waals surface area contributed by atoms with Crippen LogP contribution in [0.5, 0.6) is 28.7 Å². The van der Waals surface area contributed by atoms with Crippen LogP contribution in [0.25, 0.3) is 5.57 Å². The molecule has 0 bridgehead atoms. The number of ether oxygens (including phenoxy) is 5. The van der Waals surface area contributed by atoms with Gasteiger partial charge in [0.2, 0.25) is 5.75 Å². The van der Waals surface area contributed by atoms with Gasteiger partial charge in [0.15, 0.2) is 11.5 Å². The number of nitriles is 1. The minimum atomic E-state index is 0.450. The highest BCUT2D eigenvalue weighted by Gasteiger charge is 2.20. The van der Waals surface area contributed by atoms with E-state index in [9.17, 15) is 5.26 Å². The molecule has 0 aliphatic carbocycles. The number of benzene rings is 2. The minimum Gasteiger partial charge on any atom is -0.497 e. The zero-order valence-corrected chi connectivity index (χ0v) is 15.5. The second-order valence-corrected chi connectivity index (χ2v) is 5.17. The quantitative estimate of drug-likeness (QED) is 0.706. The van der Waals surface area contributed by atoms with Crippen LogP contribution in [0.2, 0.25) is 0 Å². The van der Waals surface area contributed by atoms with E-state index >= 15 is 0 Å². The van der Waals surface area contributed by atoms with Crippen LogP contribution in [0.15, 0.2) is 36.4 Å². The van der Waals surface area contributed by atoms with Gasteiger partial charge >= 0.3 is 0 Å². The molecule has 2 aromatic carbocycles. The second-order valence-electron chi connectivity index (χ2n) is 5.17. The Kier molecular flexibility index (Phi) is 6.34. The Bertz CT molecular complexity index is 830. The van der Waals surface area contributed by atoms with Crippen LogP contribution in [0.4, 0.5) is 0 Å². The standard InChI is InChI=1S/C20H21NO5/c1-22-14-10-13(11-15(12-14)23-2)16(8-9-21)17-6-7-18(24-3)20(26-5)19(17)25-4/h6-8,10-12H,1-5H3/b16-8+. The maximum Gasteiger partial charge on any atom is 0.203 e. The maximum atomic E-state index is 9.32. The van der Waals surface area contributed by atoms with E-state index in [2.05, 4.69) is 6.07 Å². The van der Waals surface area contributed by atoms with Crippen molar-refractivity contribution in [2.24, 2.45) is 0 Å². The Morgan fingerprint density at radius 2 is 1.42 bits per heavy atom. The van der Waals surface area contributed by atoms with Gasteiger partial charge in [-0.05, 0) is 29.8 Å². The van der Waals surface area contributed by atoms with Gasteiger partial charge in [-0.25, -0.2) is 0 Å². The second kappa shape index (κ2) is 8.67. The molecular formula is C20H21NO5. The van der Waals surface area contributed by atoms with Crippen LogP contribution in [0.3, 0.4) is 0 Å². The van der Waals surface area contributed by atoms with E-state index in [-0.39, 0.29) is 0 Å². The molecule has 0 saturated heterocycles. The number of methoxy groups -OCH3 is 5. The van der Waals surface area contributed by atoms with Gasteiger partial charge in [0.25, 0.3) is 0 Å². The van der Waals surface area contributed by atoms with Crippen molar-refractivity contribution < 1.29 is 23.7 Å². The van der Waals surface area contributed by atoms with Crippen molar-refractivity contribution in [2.75, 3.05) is 35.5 Å². The van der Waals surface area contributed by atoms with Crippen LogP contribution in [-0.2, 0) is 0 Å². The molecular weight excluding hydrogens is 334 g/mol. The largest absolute Gasteiger partial charge is 0.497 e. The number of hydrogen-bond acceptors (Lipinski definition) is 6. The average Bonchev–Trinajstić information content (AvgIpc) is 2.70. The molecule has 0 aliphatic rings. The Morgan fingerprint density at radius 1 is 0.808 bits per heavy atom. The van der Waals surface area contributed by atoms with E-state index in [1.165, 1.54) is 20.3 Å². The Balaban J connectivity index is 2.74. The molecule has 0 atom stereocenters. The normalized spacial score (nSPS) is 10.7. The summed E-state index contributed by atoms with van der Waals surface area (Å²) in [6, 6.07) is 11.1. The van der Waals surface area contributed by atoms with Gasteiger partial charge < -0.3 is 23.7 Å². The number of allylic oxidation sites excluding steroid dienone is 1. The van der Waals surface area contributed by atoms with E-state index in [0.717, 1.165) is 5.56 Å². The van der Waals surface area contributed by atoms with E-state index in [4.69, 9.17) is 23.7 Å². The highest BCUT2D eigenvalue weighted by molar-refractivity contribution is 5.87. The van der Waals surface area contributed by atoms with Crippen LogP contribution >= 0.6 is 0 Å². The predicted molar refractivity (Wildman–Crippen MR) is 98.3 cm³/mol. The lowest BCUT2D eigenvalue weighted by Gasteiger charge is -2.18. The van der Waals surface area contributed by atoms with Crippen molar-refractivity contribution in [2.45, 2.75) is 0 Å². The fraction of sp³-hybridized carbons (Fsp3) is 0.250. The van der Waals surface area contributed by atoms with E-state index in [1.807, 2.05) is 18.2 Å². The summed E-state index contributed by atoms with van der Waals surface area (Å²) >= 11 is 0. The summed E-state index contributed by atoms with van der Waals surface area (Å²) in [5.41, 5.74) is 2.07. The zero-order valence-electron chi connectivity index (χ0n) is 15.5. The van der Waals surface area contributed by atoms with Crippen molar-refractivity contribution in [1.82, 2.24) is 0 Å². The van der Waals surface area contributed by atoms with Gasteiger partial charge in [-0.2, -0.15) is 5.26 Å². The number of hydrogen-bond donors (Lipinski definition) is 0. The van der Waals surface area contributed by atoms with E-state index in [1.54, 1.807) is 33.5 Å². The van der Waals surface area contributed by atoms with Gasteiger partial charge in [0, 0.05) is 23.3 Å². The molecule has 0 heterocycles. The summed E-state index contributed by atoms with van der Waals surface area (Å²) in [4.78, 5) is 0. The molecule has 0 amide bonds. The average molecular weight is 355 g/mol. The smallest absolute Gasteiger partial charge is 0.203 e. The van der Waals surface area contributed by atoms with Gasteiger partial charge in [-0.1, -0.05) is 0 Å². The summed E-state index contributed by atoms with van der Waals surface area (Å²) in [5.74, 6) is 2.68. The molecule has 26 heavy (non-hydrogen) atoms. The molecule has 2 aromatic rings. The third-order valence-electron chi connectivity index (χ3n) is 3.87. The lowest BCUT2D eigenvalue weighted by Crippen LogP contribution is -2.00. The molecule has 0 aromatic heterocycles. The monoisotopic (exact) mass is 355 g/mol. The molecule has 2 rings (SSSR count). The Labute approximate surface area is 153 Å². The van der Waals surface area contributed by atoms with Crippen LogP contribution in [0.1, 0.15) is 11.1 Å². The summed E-state index contributed by atoms with van der Waals surface area (Å²) in [6.45, 7) is 0. The zero-order chi connectivity index (χ0) is 19.1. The Hall–Kier alpha value is -3.33. The van der Waals surface area contributed by atoms with E-state index < -0.39 is 0 Å². The molecule has 0 fully saturated rings. The fourth-order valence-corrected chi connectivity index (χ4v) is 2.66. The van der Waals surface area contributed by atoms with Gasteiger partial charge in [-0.3, -0.25) is 0 Å². The van der Waals surface area contributed by atoms with Gasteiger partial charge in [0.05, 0.1) is 41.6 Å². The molecule has 6 heteroatoms.